The van der Waals surface area contributed by atoms with Gasteiger partial charge in [-0.25, -0.2) is 0 Å². The Kier molecular flexibility index (Phi) is 2.37. The minimum atomic E-state index is 0.708. The van der Waals surface area contributed by atoms with Gasteiger partial charge in [0, 0.05) is 24.8 Å². The number of fused-ring (bicyclic) bond motifs is 1. The fourth-order valence-corrected chi connectivity index (χ4v) is 2.19. The van der Waals surface area contributed by atoms with Gasteiger partial charge in [0.2, 0.25) is 6.41 Å². The van der Waals surface area contributed by atoms with Crippen LogP contribution in [0.3, 0.4) is 0 Å². The van der Waals surface area contributed by atoms with Crippen molar-refractivity contribution in [2.75, 3.05) is 0 Å². The Balaban J connectivity index is 1.99. The summed E-state index contributed by atoms with van der Waals surface area (Å²) in [5.74, 6) is 0. The van der Waals surface area contributed by atoms with Crippen LogP contribution >= 0.6 is 0 Å². The Labute approximate surface area is 99.7 Å². The third-order valence-corrected chi connectivity index (χ3v) is 3.06. The monoisotopic (exact) mass is 224 g/mol. The lowest BCUT2D eigenvalue weighted by atomic mass is 10.0. The highest BCUT2D eigenvalue weighted by Crippen LogP contribution is 2.26. The molecule has 0 unspecified atom stereocenters. The van der Waals surface area contributed by atoms with Crippen LogP contribution in [0, 0.1) is 0 Å². The molecule has 1 amide bonds. The Morgan fingerprint density at radius 2 is 2.00 bits per heavy atom. The minimum absolute atomic E-state index is 0.708. The molecule has 0 atom stereocenters. The lowest BCUT2D eigenvalue weighted by molar-refractivity contribution is -0.118. The number of hydrogen-bond donors (Lipinski definition) is 0. The maximum Gasteiger partial charge on any atom is 0.210 e. The van der Waals surface area contributed by atoms with Gasteiger partial charge in [-0.1, -0.05) is 18.2 Å². The Morgan fingerprint density at radius 3 is 2.76 bits per heavy atom. The zero-order valence-corrected chi connectivity index (χ0v) is 9.34. The molecule has 0 N–H and O–H groups in total. The number of amides is 1. The first-order chi connectivity index (χ1) is 8.36. The van der Waals surface area contributed by atoms with E-state index in [0.717, 1.165) is 24.2 Å². The zero-order chi connectivity index (χ0) is 11.7. The number of rotatable bonds is 2. The smallest absolute Gasteiger partial charge is 0.210 e. The first-order valence-electron chi connectivity index (χ1n) is 5.59. The normalized spacial score (nSPS) is 13.5. The maximum absolute atomic E-state index is 10.7. The van der Waals surface area contributed by atoms with E-state index in [4.69, 9.17) is 0 Å². The Morgan fingerprint density at radius 1 is 1.12 bits per heavy atom. The van der Waals surface area contributed by atoms with Gasteiger partial charge in [-0.3, -0.25) is 9.78 Å². The summed E-state index contributed by atoms with van der Waals surface area (Å²) >= 11 is 0. The van der Waals surface area contributed by atoms with Gasteiger partial charge < -0.3 is 4.90 Å². The molecule has 0 bridgehead atoms. The van der Waals surface area contributed by atoms with E-state index in [1.807, 2.05) is 18.2 Å². The third-order valence-electron chi connectivity index (χ3n) is 3.06. The second kappa shape index (κ2) is 4.01. The van der Waals surface area contributed by atoms with Crippen LogP contribution in [-0.2, 0) is 17.9 Å². The van der Waals surface area contributed by atoms with E-state index in [1.165, 1.54) is 11.1 Å². The molecule has 1 aromatic carbocycles. The van der Waals surface area contributed by atoms with E-state index in [2.05, 4.69) is 23.2 Å². The molecule has 1 aromatic heterocycles. The van der Waals surface area contributed by atoms with E-state index in [0.29, 0.717) is 6.54 Å². The Hall–Kier alpha value is -2.16. The Bertz CT molecular complexity index is 551. The van der Waals surface area contributed by atoms with Crippen molar-refractivity contribution < 1.29 is 4.79 Å². The van der Waals surface area contributed by atoms with Crippen molar-refractivity contribution in [1.82, 2.24) is 9.88 Å². The van der Waals surface area contributed by atoms with Gasteiger partial charge in [0.15, 0.2) is 0 Å². The van der Waals surface area contributed by atoms with Crippen LogP contribution in [0.15, 0.2) is 42.6 Å². The van der Waals surface area contributed by atoms with Crippen LogP contribution in [0.4, 0.5) is 0 Å². The molecule has 2 heterocycles. The molecular formula is C14H12N2O. The standard InChI is InChI=1S/C14H12N2O/c17-10-16-8-12-5-4-11(7-13(12)9-16)14-3-1-2-6-15-14/h1-7,10H,8-9H2. The number of carbonyl (C=O) groups excluding carboxylic acids is 1. The average Bonchev–Trinajstić information content (AvgIpc) is 2.81. The van der Waals surface area contributed by atoms with Crippen LogP contribution in [0.25, 0.3) is 11.3 Å². The van der Waals surface area contributed by atoms with Crippen LogP contribution < -0.4 is 0 Å². The first-order valence-corrected chi connectivity index (χ1v) is 5.59. The molecule has 84 valence electrons. The molecule has 0 radical (unpaired) electrons. The summed E-state index contributed by atoms with van der Waals surface area (Å²) in [6, 6.07) is 12.2. The molecule has 1 aliphatic heterocycles. The van der Waals surface area contributed by atoms with Crippen molar-refractivity contribution in [2.45, 2.75) is 13.1 Å². The van der Waals surface area contributed by atoms with Gasteiger partial charge in [-0.15, -0.1) is 0 Å². The fourth-order valence-electron chi connectivity index (χ4n) is 2.19. The molecule has 3 rings (SSSR count). The predicted molar refractivity (Wildman–Crippen MR) is 65.0 cm³/mol. The summed E-state index contributed by atoms with van der Waals surface area (Å²) in [7, 11) is 0. The van der Waals surface area contributed by atoms with Crippen molar-refractivity contribution in [3.8, 4) is 11.3 Å². The average molecular weight is 224 g/mol. The predicted octanol–water partition coefficient (Wildman–Crippen LogP) is 2.22. The van der Waals surface area contributed by atoms with Crippen molar-refractivity contribution in [1.29, 1.82) is 0 Å². The number of benzene rings is 1. The summed E-state index contributed by atoms with van der Waals surface area (Å²) in [5.41, 5.74) is 4.54. The molecule has 0 saturated carbocycles. The molecule has 0 spiro atoms. The maximum atomic E-state index is 10.7. The second-order valence-corrected chi connectivity index (χ2v) is 4.21. The molecule has 17 heavy (non-hydrogen) atoms. The summed E-state index contributed by atoms with van der Waals surface area (Å²) < 4.78 is 0. The van der Waals surface area contributed by atoms with Crippen LogP contribution in [0.5, 0.6) is 0 Å². The number of nitrogens with zero attached hydrogens (tertiary/aromatic N) is 2. The zero-order valence-electron chi connectivity index (χ0n) is 9.34. The number of carbonyl (C=O) groups is 1. The molecule has 0 saturated heterocycles. The number of hydrogen-bond acceptors (Lipinski definition) is 2. The summed E-state index contributed by atoms with van der Waals surface area (Å²) in [6.45, 7) is 1.43. The van der Waals surface area contributed by atoms with Crippen LogP contribution in [0.2, 0.25) is 0 Å². The topological polar surface area (TPSA) is 33.2 Å². The largest absolute Gasteiger partial charge is 0.337 e. The highest BCUT2D eigenvalue weighted by atomic mass is 16.1. The second-order valence-electron chi connectivity index (χ2n) is 4.21. The fraction of sp³-hybridized carbons (Fsp3) is 0.143. The van der Waals surface area contributed by atoms with Crippen LogP contribution in [-0.4, -0.2) is 16.3 Å². The molecule has 2 aromatic rings. The molecule has 0 fully saturated rings. The van der Waals surface area contributed by atoms with Gasteiger partial charge in [-0.05, 0) is 29.3 Å². The van der Waals surface area contributed by atoms with E-state index in [-0.39, 0.29) is 0 Å². The summed E-state index contributed by atoms with van der Waals surface area (Å²) in [6.07, 6.45) is 2.70. The van der Waals surface area contributed by atoms with Crippen molar-refractivity contribution >= 4 is 6.41 Å². The minimum Gasteiger partial charge on any atom is -0.337 e. The quantitative estimate of drug-likeness (QED) is 0.733. The first kappa shape index (κ1) is 10.0. The molecule has 1 aliphatic rings. The number of aromatic nitrogens is 1. The molecular weight excluding hydrogens is 212 g/mol. The number of pyridine rings is 1. The van der Waals surface area contributed by atoms with Gasteiger partial charge in [0.25, 0.3) is 0 Å². The van der Waals surface area contributed by atoms with Crippen molar-refractivity contribution in [2.24, 2.45) is 0 Å². The third kappa shape index (κ3) is 1.80. The highest BCUT2D eigenvalue weighted by molar-refractivity contribution is 5.62. The van der Waals surface area contributed by atoms with Crippen molar-refractivity contribution in [3.63, 3.8) is 0 Å². The van der Waals surface area contributed by atoms with E-state index in [9.17, 15) is 4.79 Å². The van der Waals surface area contributed by atoms with E-state index in [1.54, 1.807) is 11.1 Å². The van der Waals surface area contributed by atoms with Gasteiger partial charge in [0.05, 0.1) is 5.69 Å². The molecule has 3 nitrogen and oxygen atoms in total. The lowest BCUT2D eigenvalue weighted by Crippen LogP contribution is -2.12. The SMILES string of the molecule is O=CN1Cc2ccc(-c3ccccn3)cc2C1. The summed E-state index contributed by atoms with van der Waals surface area (Å²) in [5, 5.41) is 0. The molecule has 3 heteroatoms. The van der Waals surface area contributed by atoms with E-state index >= 15 is 0 Å². The van der Waals surface area contributed by atoms with Crippen LogP contribution in [0.1, 0.15) is 11.1 Å². The summed E-state index contributed by atoms with van der Waals surface area (Å²) in [4.78, 5) is 16.8. The van der Waals surface area contributed by atoms with Gasteiger partial charge >= 0.3 is 0 Å². The van der Waals surface area contributed by atoms with Gasteiger partial charge in [-0.2, -0.15) is 0 Å². The van der Waals surface area contributed by atoms with Crippen molar-refractivity contribution in [3.05, 3.63) is 53.7 Å². The molecule has 0 aliphatic carbocycles. The highest BCUT2D eigenvalue weighted by Gasteiger charge is 2.17. The van der Waals surface area contributed by atoms with Gasteiger partial charge in [0.1, 0.15) is 0 Å². The van der Waals surface area contributed by atoms with E-state index < -0.39 is 0 Å². The lowest BCUT2D eigenvalue weighted by Gasteiger charge is -2.04.